The highest BCUT2D eigenvalue weighted by molar-refractivity contribution is 5.85. The van der Waals surface area contributed by atoms with Crippen molar-refractivity contribution in [1.82, 2.24) is 0 Å². The van der Waals surface area contributed by atoms with Gasteiger partial charge in [-0.1, -0.05) is 0 Å². The number of fused-ring (bicyclic) bond motifs is 2. The minimum absolute atomic E-state index is 0. The van der Waals surface area contributed by atoms with Gasteiger partial charge in [-0.25, -0.2) is 0 Å². The summed E-state index contributed by atoms with van der Waals surface area (Å²) in [5.74, 6) is 1.31. The quantitative estimate of drug-likeness (QED) is 0.570. The molecule has 0 aliphatic heterocycles. The molecule has 2 bridgehead atoms. The van der Waals surface area contributed by atoms with Crippen LogP contribution in [0.25, 0.3) is 0 Å². The van der Waals surface area contributed by atoms with Gasteiger partial charge in [-0.2, -0.15) is 0 Å². The Balaban J connectivity index is 0.000000500. The number of carbonyl (C=O) groups excluding carboxylic acids is 1. The standard InChI is InChI=1S/C7H11NO.ClH/c8-6-2-4-1-5(6)7(9)3-4;/h4-6H,1-3,8H2;1H/t4-,5+,6-;/m1./s1. The highest BCUT2D eigenvalue weighted by atomic mass is 35.5. The van der Waals surface area contributed by atoms with Crippen molar-refractivity contribution >= 4 is 18.2 Å². The highest BCUT2D eigenvalue weighted by Crippen LogP contribution is 2.40. The van der Waals surface area contributed by atoms with Crippen LogP contribution in [0.4, 0.5) is 0 Å². The first-order valence-electron chi connectivity index (χ1n) is 3.55. The van der Waals surface area contributed by atoms with Gasteiger partial charge in [0.1, 0.15) is 5.78 Å². The van der Waals surface area contributed by atoms with E-state index < -0.39 is 0 Å². The molecule has 0 heterocycles. The third kappa shape index (κ3) is 0.956. The van der Waals surface area contributed by atoms with Crippen molar-refractivity contribution in [3.8, 4) is 0 Å². The number of halogens is 1. The molecule has 2 aliphatic carbocycles. The van der Waals surface area contributed by atoms with Gasteiger partial charge in [0.15, 0.2) is 0 Å². The van der Waals surface area contributed by atoms with Crippen molar-refractivity contribution in [1.29, 1.82) is 0 Å². The van der Waals surface area contributed by atoms with E-state index in [9.17, 15) is 4.79 Å². The zero-order valence-electron chi connectivity index (χ0n) is 5.75. The van der Waals surface area contributed by atoms with Gasteiger partial charge in [-0.3, -0.25) is 4.79 Å². The van der Waals surface area contributed by atoms with Gasteiger partial charge in [-0.15, -0.1) is 12.4 Å². The van der Waals surface area contributed by atoms with E-state index in [0.29, 0.717) is 11.7 Å². The number of hydrogen-bond donors (Lipinski definition) is 1. The molecule has 2 fully saturated rings. The van der Waals surface area contributed by atoms with Crippen LogP contribution in [-0.4, -0.2) is 11.8 Å². The SMILES string of the molecule is Cl.N[C@@H]1C[C@@H]2CC(=O)[C@H]1C2. The summed E-state index contributed by atoms with van der Waals surface area (Å²) >= 11 is 0. The second-order valence-corrected chi connectivity index (χ2v) is 3.28. The minimum Gasteiger partial charge on any atom is -0.327 e. The lowest BCUT2D eigenvalue weighted by molar-refractivity contribution is -0.122. The number of hydrogen-bond acceptors (Lipinski definition) is 2. The summed E-state index contributed by atoms with van der Waals surface area (Å²) in [4.78, 5) is 11.0. The summed E-state index contributed by atoms with van der Waals surface area (Å²) in [6.45, 7) is 0. The van der Waals surface area contributed by atoms with E-state index in [-0.39, 0.29) is 24.4 Å². The van der Waals surface area contributed by atoms with E-state index in [1.165, 1.54) is 0 Å². The summed E-state index contributed by atoms with van der Waals surface area (Å²) in [7, 11) is 0. The summed E-state index contributed by atoms with van der Waals surface area (Å²) in [6, 6.07) is 0.205. The molecule has 2 N–H and O–H groups in total. The van der Waals surface area contributed by atoms with Crippen LogP contribution < -0.4 is 5.73 Å². The largest absolute Gasteiger partial charge is 0.327 e. The third-order valence-corrected chi connectivity index (χ3v) is 2.61. The van der Waals surface area contributed by atoms with Crippen molar-refractivity contribution in [3.63, 3.8) is 0 Å². The van der Waals surface area contributed by atoms with Crippen molar-refractivity contribution < 1.29 is 4.79 Å². The molecule has 2 nitrogen and oxygen atoms in total. The number of nitrogens with two attached hydrogens (primary N) is 1. The molecule has 0 amide bonds. The molecule has 0 aromatic heterocycles. The van der Waals surface area contributed by atoms with Gasteiger partial charge < -0.3 is 5.73 Å². The Morgan fingerprint density at radius 1 is 1.40 bits per heavy atom. The number of carbonyl (C=O) groups is 1. The minimum atomic E-state index is 0. The monoisotopic (exact) mass is 161 g/mol. The van der Waals surface area contributed by atoms with Crippen LogP contribution in [0.1, 0.15) is 19.3 Å². The first-order chi connectivity index (χ1) is 4.27. The number of ketones is 1. The lowest BCUT2D eigenvalue weighted by Gasteiger charge is -2.14. The first-order valence-corrected chi connectivity index (χ1v) is 3.55. The van der Waals surface area contributed by atoms with Crippen LogP contribution in [0, 0.1) is 11.8 Å². The molecule has 3 atom stereocenters. The lowest BCUT2D eigenvalue weighted by Crippen LogP contribution is -2.32. The average Bonchev–Trinajstić information content (AvgIpc) is 2.22. The van der Waals surface area contributed by atoms with Crippen LogP contribution in [0.2, 0.25) is 0 Å². The van der Waals surface area contributed by atoms with E-state index >= 15 is 0 Å². The molecule has 0 saturated heterocycles. The van der Waals surface area contributed by atoms with E-state index in [2.05, 4.69) is 0 Å². The third-order valence-electron chi connectivity index (χ3n) is 2.61. The predicted molar refractivity (Wildman–Crippen MR) is 41.1 cm³/mol. The molecule has 0 radical (unpaired) electrons. The second-order valence-electron chi connectivity index (χ2n) is 3.28. The summed E-state index contributed by atoms with van der Waals surface area (Å²) in [5, 5.41) is 0. The Kier molecular flexibility index (Phi) is 2.02. The Morgan fingerprint density at radius 2 is 2.10 bits per heavy atom. The van der Waals surface area contributed by atoms with E-state index in [4.69, 9.17) is 5.73 Å². The molecule has 58 valence electrons. The Labute approximate surface area is 66.6 Å². The number of rotatable bonds is 0. The van der Waals surface area contributed by atoms with Crippen LogP contribution in [0.3, 0.4) is 0 Å². The van der Waals surface area contributed by atoms with Gasteiger partial charge in [0, 0.05) is 18.4 Å². The second kappa shape index (κ2) is 2.51. The van der Waals surface area contributed by atoms with Crippen LogP contribution in [0.15, 0.2) is 0 Å². The van der Waals surface area contributed by atoms with Crippen molar-refractivity contribution in [2.75, 3.05) is 0 Å². The molecule has 0 aromatic rings. The topological polar surface area (TPSA) is 43.1 Å². The van der Waals surface area contributed by atoms with Gasteiger partial charge in [0.05, 0.1) is 0 Å². The summed E-state index contributed by atoms with van der Waals surface area (Å²) in [6.07, 6.45) is 2.99. The van der Waals surface area contributed by atoms with Crippen molar-refractivity contribution in [2.24, 2.45) is 17.6 Å². The van der Waals surface area contributed by atoms with E-state index in [1.54, 1.807) is 0 Å². The fraction of sp³-hybridized carbons (Fsp3) is 0.857. The fourth-order valence-corrected chi connectivity index (χ4v) is 2.15. The van der Waals surface area contributed by atoms with Crippen LogP contribution in [0.5, 0.6) is 0 Å². The zero-order chi connectivity index (χ0) is 6.43. The summed E-state index contributed by atoms with van der Waals surface area (Å²) in [5.41, 5.74) is 5.69. The van der Waals surface area contributed by atoms with Gasteiger partial charge in [0.25, 0.3) is 0 Å². The Hall–Kier alpha value is -0.0800. The molecule has 3 heteroatoms. The predicted octanol–water partition coefficient (Wildman–Crippen LogP) is 0.734. The van der Waals surface area contributed by atoms with Crippen molar-refractivity contribution in [3.05, 3.63) is 0 Å². The highest BCUT2D eigenvalue weighted by Gasteiger charge is 2.43. The molecular formula is C7H12ClNO. The zero-order valence-corrected chi connectivity index (χ0v) is 6.56. The molecule has 2 rings (SSSR count). The molecular weight excluding hydrogens is 150 g/mol. The Bertz CT molecular complexity index is 160. The fourth-order valence-electron chi connectivity index (χ4n) is 2.15. The maximum absolute atomic E-state index is 11.0. The van der Waals surface area contributed by atoms with Gasteiger partial charge >= 0.3 is 0 Å². The molecule has 0 spiro atoms. The first kappa shape index (κ1) is 8.02. The molecule has 10 heavy (non-hydrogen) atoms. The smallest absolute Gasteiger partial charge is 0.137 e. The average molecular weight is 162 g/mol. The van der Waals surface area contributed by atoms with Crippen LogP contribution >= 0.6 is 12.4 Å². The maximum atomic E-state index is 11.0. The molecule has 0 aromatic carbocycles. The number of Topliss-reactive ketones (excluding diaryl/α,β-unsaturated/α-hetero) is 1. The lowest BCUT2D eigenvalue weighted by atomic mass is 9.95. The maximum Gasteiger partial charge on any atom is 0.137 e. The van der Waals surface area contributed by atoms with Gasteiger partial charge in [-0.05, 0) is 18.8 Å². The molecule has 2 aliphatic rings. The van der Waals surface area contributed by atoms with E-state index in [0.717, 1.165) is 19.3 Å². The van der Waals surface area contributed by atoms with E-state index in [1.807, 2.05) is 0 Å². The van der Waals surface area contributed by atoms with Crippen molar-refractivity contribution in [2.45, 2.75) is 25.3 Å². The Morgan fingerprint density at radius 3 is 2.40 bits per heavy atom. The molecule has 2 saturated carbocycles. The summed E-state index contributed by atoms with van der Waals surface area (Å²) < 4.78 is 0. The molecule has 0 unspecified atom stereocenters. The van der Waals surface area contributed by atoms with Gasteiger partial charge in [0.2, 0.25) is 0 Å². The van der Waals surface area contributed by atoms with Crippen LogP contribution in [-0.2, 0) is 4.79 Å². The normalized spacial score (nSPS) is 43.7.